The van der Waals surface area contributed by atoms with Crippen LogP contribution in [0.3, 0.4) is 0 Å². The maximum Gasteiger partial charge on any atom is 0.152 e. The molecule has 1 aliphatic heterocycles. The zero-order valence-corrected chi connectivity index (χ0v) is 15.5. The van der Waals surface area contributed by atoms with E-state index in [0.29, 0.717) is 5.82 Å². The minimum Gasteiger partial charge on any atom is -0.382 e. The van der Waals surface area contributed by atoms with Crippen molar-refractivity contribution < 1.29 is 0 Å². The van der Waals surface area contributed by atoms with Crippen molar-refractivity contribution in [3.8, 4) is 0 Å². The summed E-state index contributed by atoms with van der Waals surface area (Å²) < 4.78 is 2.07. The summed E-state index contributed by atoms with van der Waals surface area (Å²) in [7, 11) is 0. The number of anilines is 2. The number of aryl methyl sites for hydroxylation is 1. The normalized spacial score (nSPS) is 15.7. The number of fused-ring (bicyclic) bond motifs is 3. The Balaban J connectivity index is 1.69. The molecule has 0 atom stereocenters. The van der Waals surface area contributed by atoms with Crippen LogP contribution in [-0.4, -0.2) is 34.4 Å². The number of nitrogens with zero attached hydrogens (tertiary/aromatic N) is 3. The highest BCUT2D eigenvalue weighted by Crippen LogP contribution is 2.33. The number of rotatable bonds is 6. The van der Waals surface area contributed by atoms with E-state index in [1.165, 1.54) is 19.3 Å². The van der Waals surface area contributed by atoms with Crippen LogP contribution >= 0.6 is 0 Å². The Kier molecular flexibility index (Phi) is 4.93. The maximum atomic E-state index is 6.22. The quantitative estimate of drug-likeness (QED) is 0.634. The van der Waals surface area contributed by atoms with Crippen molar-refractivity contribution in [2.75, 3.05) is 30.7 Å². The van der Waals surface area contributed by atoms with Gasteiger partial charge in [0.1, 0.15) is 11.3 Å². The topological polar surface area (TPSA) is 80.8 Å². The summed E-state index contributed by atoms with van der Waals surface area (Å²) in [6.07, 6.45) is 4.77. The van der Waals surface area contributed by atoms with Crippen molar-refractivity contribution in [1.29, 1.82) is 0 Å². The summed E-state index contributed by atoms with van der Waals surface area (Å²) in [5.41, 5.74) is 7.96. The van der Waals surface area contributed by atoms with E-state index in [9.17, 15) is 0 Å². The zero-order chi connectivity index (χ0) is 17.9. The van der Waals surface area contributed by atoms with Gasteiger partial charge in [-0.15, -0.1) is 0 Å². The molecule has 0 bridgehead atoms. The van der Waals surface area contributed by atoms with Gasteiger partial charge in [0.15, 0.2) is 5.82 Å². The summed E-state index contributed by atoms with van der Waals surface area (Å²) in [5, 5.41) is 14.1. The van der Waals surface area contributed by atoms with Crippen LogP contribution in [0.5, 0.6) is 0 Å². The number of nitrogen functional groups attached to an aromatic ring is 1. The largest absolute Gasteiger partial charge is 0.382 e. The van der Waals surface area contributed by atoms with Crippen LogP contribution in [-0.2, 0) is 6.54 Å². The Hall–Kier alpha value is -2.34. The Morgan fingerprint density at radius 2 is 2.08 bits per heavy atom. The van der Waals surface area contributed by atoms with Crippen LogP contribution in [0, 0.1) is 5.92 Å². The lowest BCUT2D eigenvalue weighted by Gasteiger charge is -2.22. The molecule has 3 heterocycles. The van der Waals surface area contributed by atoms with Gasteiger partial charge >= 0.3 is 0 Å². The molecule has 0 unspecified atom stereocenters. The van der Waals surface area contributed by atoms with Gasteiger partial charge in [-0.2, -0.15) is 5.10 Å². The van der Waals surface area contributed by atoms with Crippen LogP contribution in [0.25, 0.3) is 21.8 Å². The van der Waals surface area contributed by atoms with Gasteiger partial charge in [0.05, 0.1) is 10.9 Å². The second-order valence-electron chi connectivity index (χ2n) is 7.22. The predicted octanol–water partition coefficient (Wildman–Crippen LogP) is 3.38. The fraction of sp³-hybridized carbons (Fsp3) is 0.500. The minimum absolute atomic E-state index is 0.509. The Bertz CT molecular complexity index is 894. The number of hydrogen-bond acceptors (Lipinski definition) is 5. The lowest BCUT2D eigenvalue weighted by Crippen LogP contribution is -2.28. The number of pyridine rings is 1. The van der Waals surface area contributed by atoms with Crippen LogP contribution in [0.4, 0.5) is 11.6 Å². The monoisotopic (exact) mass is 352 g/mol. The fourth-order valence-corrected chi connectivity index (χ4v) is 3.98. The summed E-state index contributed by atoms with van der Waals surface area (Å²) in [5.74, 6) is 2.40. The molecule has 138 valence electrons. The third-order valence-corrected chi connectivity index (χ3v) is 5.35. The average molecular weight is 352 g/mol. The van der Waals surface area contributed by atoms with Crippen molar-refractivity contribution in [2.24, 2.45) is 5.92 Å². The molecule has 4 N–H and O–H groups in total. The van der Waals surface area contributed by atoms with Gasteiger partial charge in [0, 0.05) is 18.5 Å². The van der Waals surface area contributed by atoms with E-state index in [-0.39, 0.29) is 0 Å². The SMILES string of the molecule is CCCn1nc2c(N)nc3ccccc3c2c1NCCC1CCNCC1. The lowest BCUT2D eigenvalue weighted by molar-refractivity contribution is 0.361. The summed E-state index contributed by atoms with van der Waals surface area (Å²) in [6, 6.07) is 8.18. The molecular weight excluding hydrogens is 324 g/mol. The van der Waals surface area contributed by atoms with Crippen molar-refractivity contribution >= 4 is 33.4 Å². The number of para-hydroxylation sites is 1. The molecule has 0 spiro atoms. The van der Waals surface area contributed by atoms with Crippen LogP contribution in [0.2, 0.25) is 0 Å². The summed E-state index contributed by atoms with van der Waals surface area (Å²) >= 11 is 0. The average Bonchev–Trinajstić information content (AvgIpc) is 3.02. The third kappa shape index (κ3) is 3.21. The second-order valence-corrected chi connectivity index (χ2v) is 7.22. The van der Waals surface area contributed by atoms with Crippen molar-refractivity contribution in [1.82, 2.24) is 20.1 Å². The predicted molar refractivity (Wildman–Crippen MR) is 108 cm³/mol. The van der Waals surface area contributed by atoms with E-state index in [1.807, 2.05) is 12.1 Å². The molecule has 0 amide bonds. The number of benzene rings is 1. The summed E-state index contributed by atoms with van der Waals surface area (Å²) in [6.45, 7) is 6.30. The number of aromatic nitrogens is 3. The van der Waals surface area contributed by atoms with Crippen LogP contribution < -0.4 is 16.4 Å². The van der Waals surface area contributed by atoms with Gasteiger partial charge in [-0.05, 0) is 50.8 Å². The molecule has 26 heavy (non-hydrogen) atoms. The number of piperidine rings is 1. The molecule has 3 aromatic rings. The van der Waals surface area contributed by atoms with E-state index >= 15 is 0 Å². The van der Waals surface area contributed by atoms with Gasteiger partial charge in [0.2, 0.25) is 0 Å². The number of nitrogens with two attached hydrogens (primary N) is 1. The molecule has 1 aromatic carbocycles. The molecule has 4 rings (SSSR count). The molecule has 2 aromatic heterocycles. The Morgan fingerprint density at radius 1 is 1.27 bits per heavy atom. The number of nitrogens with one attached hydrogen (secondary N) is 2. The van der Waals surface area contributed by atoms with Crippen molar-refractivity contribution in [3.05, 3.63) is 24.3 Å². The van der Waals surface area contributed by atoms with Crippen LogP contribution in [0.1, 0.15) is 32.6 Å². The highest BCUT2D eigenvalue weighted by molar-refractivity contribution is 6.13. The van der Waals surface area contributed by atoms with Crippen LogP contribution in [0.15, 0.2) is 24.3 Å². The molecule has 6 heteroatoms. The Morgan fingerprint density at radius 3 is 2.88 bits per heavy atom. The van der Waals surface area contributed by atoms with E-state index in [0.717, 1.165) is 66.1 Å². The van der Waals surface area contributed by atoms with Gasteiger partial charge in [-0.1, -0.05) is 25.1 Å². The molecule has 0 radical (unpaired) electrons. The zero-order valence-electron chi connectivity index (χ0n) is 15.5. The van der Waals surface area contributed by atoms with Crippen molar-refractivity contribution in [2.45, 2.75) is 39.2 Å². The Labute approximate surface area is 154 Å². The lowest BCUT2D eigenvalue weighted by atomic mass is 9.95. The molecule has 1 fully saturated rings. The number of hydrogen-bond donors (Lipinski definition) is 3. The maximum absolute atomic E-state index is 6.22. The van der Waals surface area contributed by atoms with E-state index < -0.39 is 0 Å². The minimum atomic E-state index is 0.509. The molecule has 1 aliphatic rings. The standard InChI is InChI=1S/C20H28N6/c1-2-13-26-20(23-12-9-14-7-10-22-11-8-14)17-15-5-3-4-6-16(15)24-19(21)18(17)25-26/h3-6,14,22-23H,2,7-13H2,1H3,(H2,21,24). The third-order valence-electron chi connectivity index (χ3n) is 5.35. The highest BCUT2D eigenvalue weighted by atomic mass is 15.3. The molecule has 6 nitrogen and oxygen atoms in total. The van der Waals surface area contributed by atoms with E-state index in [2.05, 4.69) is 39.4 Å². The first-order valence-corrected chi connectivity index (χ1v) is 9.77. The first-order valence-electron chi connectivity index (χ1n) is 9.77. The van der Waals surface area contributed by atoms with Gasteiger partial charge < -0.3 is 16.4 Å². The first kappa shape index (κ1) is 17.1. The fourth-order valence-electron chi connectivity index (χ4n) is 3.98. The molecular formula is C20H28N6. The van der Waals surface area contributed by atoms with Gasteiger partial charge in [-0.25, -0.2) is 9.67 Å². The van der Waals surface area contributed by atoms with E-state index in [1.54, 1.807) is 0 Å². The molecule has 1 saturated heterocycles. The molecule has 0 saturated carbocycles. The highest BCUT2D eigenvalue weighted by Gasteiger charge is 2.18. The van der Waals surface area contributed by atoms with E-state index in [4.69, 9.17) is 10.8 Å². The second kappa shape index (κ2) is 7.50. The van der Waals surface area contributed by atoms with Gasteiger partial charge in [0.25, 0.3) is 0 Å². The van der Waals surface area contributed by atoms with Gasteiger partial charge in [-0.3, -0.25) is 0 Å². The first-order chi connectivity index (χ1) is 12.8. The van der Waals surface area contributed by atoms with Crippen molar-refractivity contribution in [3.63, 3.8) is 0 Å². The smallest absolute Gasteiger partial charge is 0.152 e. The molecule has 0 aliphatic carbocycles. The summed E-state index contributed by atoms with van der Waals surface area (Å²) in [4.78, 5) is 4.54.